The van der Waals surface area contributed by atoms with E-state index in [1.807, 2.05) is 7.05 Å². The van der Waals surface area contributed by atoms with E-state index in [1.165, 1.54) is 18.5 Å². The summed E-state index contributed by atoms with van der Waals surface area (Å²) in [5.41, 5.74) is -1.03. The van der Waals surface area contributed by atoms with Crippen molar-refractivity contribution in [1.82, 2.24) is 14.6 Å². The largest absolute Gasteiger partial charge is 0.306 e. The van der Waals surface area contributed by atoms with E-state index in [2.05, 4.69) is 36.6 Å². The molecule has 20 heavy (non-hydrogen) atoms. The lowest BCUT2D eigenvalue weighted by atomic mass is 9.91. The molecule has 8 heteroatoms. The first-order valence-corrected chi connectivity index (χ1v) is 8.39. The van der Waals surface area contributed by atoms with Crippen molar-refractivity contribution in [2.75, 3.05) is 20.1 Å². The Morgan fingerprint density at radius 1 is 1.45 bits per heavy atom. The minimum absolute atomic E-state index is 0.0560. The van der Waals surface area contributed by atoms with Crippen molar-refractivity contribution in [3.63, 3.8) is 0 Å². The summed E-state index contributed by atoms with van der Waals surface area (Å²) in [6.07, 6.45) is 3.73. The van der Waals surface area contributed by atoms with Crippen molar-refractivity contribution in [2.45, 2.75) is 23.3 Å². The van der Waals surface area contributed by atoms with Crippen LogP contribution in [0.2, 0.25) is 0 Å². The summed E-state index contributed by atoms with van der Waals surface area (Å²) in [4.78, 5) is 5.98. The minimum atomic E-state index is -3.75. The highest BCUT2D eigenvalue weighted by Crippen LogP contribution is 2.24. The van der Waals surface area contributed by atoms with E-state index >= 15 is 0 Å². The molecule has 0 radical (unpaired) electrons. The average molecular weight is 359 g/mol. The van der Waals surface area contributed by atoms with Gasteiger partial charge in [-0.05, 0) is 41.9 Å². The molecule has 1 N–H and O–H groups in total. The molecule has 0 aromatic carbocycles. The molecule has 1 aromatic heterocycles. The van der Waals surface area contributed by atoms with E-state index in [-0.39, 0.29) is 4.90 Å². The van der Waals surface area contributed by atoms with Gasteiger partial charge in [0, 0.05) is 30.0 Å². The normalized spacial score (nSPS) is 19.4. The van der Waals surface area contributed by atoms with Crippen LogP contribution in [0.1, 0.15) is 12.8 Å². The quantitative estimate of drug-likeness (QED) is 0.874. The van der Waals surface area contributed by atoms with Gasteiger partial charge in [0.25, 0.3) is 0 Å². The molecule has 0 unspecified atom stereocenters. The number of sulfonamides is 1. The second kappa shape index (κ2) is 5.77. The molecule has 2 heterocycles. The summed E-state index contributed by atoms with van der Waals surface area (Å²) < 4.78 is 27.8. The lowest BCUT2D eigenvalue weighted by Gasteiger charge is -2.35. The van der Waals surface area contributed by atoms with E-state index in [0.717, 1.165) is 0 Å². The van der Waals surface area contributed by atoms with Gasteiger partial charge in [0.05, 0.1) is 6.07 Å². The van der Waals surface area contributed by atoms with Crippen molar-refractivity contribution in [3.05, 3.63) is 22.9 Å². The Hall–Kier alpha value is -1.01. The zero-order chi connectivity index (χ0) is 14.8. The minimum Gasteiger partial charge on any atom is -0.306 e. The van der Waals surface area contributed by atoms with Gasteiger partial charge >= 0.3 is 0 Å². The molecule has 0 atom stereocenters. The third-order valence-corrected chi connectivity index (χ3v) is 5.31. The molecule has 1 aliphatic heterocycles. The van der Waals surface area contributed by atoms with Gasteiger partial charge in [-0.15, -0.1) is 0 Å². The van der Waals surface area contributed by atoms with Crippen LogP contribution in [0.5, 0.6) is 0 Å². The Balaban J connectivity index is 2.25. The first kappa shape index (κ1) is 15.4. The van der Waals surface area contributed by atoms with Gasteiger partial charge in [0.1, 0.15) is 10.4 Å². The van der Waals surface area contributed by atoms with Gasteiger partial charge in [-0.1, -0.05) is 0 Å². The second-order valence-corrected chi connectivity index (χ2v) is 7.54. The van der Waals surface area contributed by atoms with Crippen LogP contribution in [0.25, 0.3) is 0 Å². The highest BCUT2D eigenvalue weighted by molar-refractivity contribution is 9.10. The zero-order valence-electron chi connectivity index (χ0n) is 11.0. The first-order chi connectivity index (χ1) is 9.37. The number of hydrogen-bond acceptors (Lipinski definition) is 5. The molecule has 108 valence electrons. The first-order valence-electron chi connectivity index (χ1n) is 6.11. The maximum Gasteiger partial charge on any atom is 0.243 e. The summed E-state index contributed by atoms with van der Waals surface area (Å²) in [6, 6.07) is 3.60. The number of hydrogen-bond donors (Lipinski definition) is 1. The lowest BCUT2D eigenvalue weighted by Crippen LogP contribution is -2.53. The molecule has 0 saturated carbocycles. The predicted molar refractivity (Wildman–Crippen MR) is 77.3 cm³/mol. The van der Waals surface area contributed by atoms with E-state index < -0.39 is 15.6 Å². The molecule has 0 aliphatic carbocycles. The highest BCUT2D eigenvalue weighted by Gasteiger charge is 2.38. The van der Waals surface area contributed by atoms with Crippen molar-refractivity contribution in [2.24, 2.45) is 0 Å². The number of nitrogens with zero attached hydrogens (tertiary/aromatic N) is 3. The smallest absolute Gasteiger partial charge is 0.243 e. The summed E-state index contributed by atoms with van der Waals surface area (Å²) in [5, 5.41) is 9.37. The number of pyridine rings is 1. The van der Waals surface area contributed by atoms with Crippen LogP contribution >= 0.6 is 15.9 Å². The molecule has 2 rings (SSSR count). The molecule has 1 aliphatic rings. The predicted octanol–water partition coefficient (Wildman–Crippen LogP) is 1.11. The SMILES string of the molecule is CN1CCC(C#N)(NS(=O)(=O)c2cncc(Br)c2)CC1. The maximum absolute atomic E-state index is 12.4. The Labute approximate surface area is 127 Å². The Morgan fingerprint density at radius 2 is 2.10 bits per heavy atom. The molecule has 0 amide bonds. The number of nitriles is 1. The number of rotatable bonds is 3. The second-order valence-electron chi connectivity index (χ2n) is 4.94. The molecule has 0 bridgehead atoms. The number of halogens is 1. The van der Waals surface area contributed by atoms with Gasteiger partial charge in [-0.25, -0.2) is 8.42 Å². The third kappa shape index (κ3) is 3.35. The summed E-state index contributed by atoms with van der Waals surface area (Å²) >= 11 is 3.19. The van der Waals surface area contributed by atoms with Crippen LogP contribution in [0.3, 0.4) is 0 Å². The lowest BCUT2D eigenvalue weighted by molar-refractivity contribution is 0.213. The van der Waals surface area contributed by atoms with Gasteiger partial charge in [0.2, 0.25) is 10.0 Å². The van der Waals surface area contributed by atoms with E-state index in [4.69, 9.17) is 0 Å². The van der Waals surface area contributed by atoms with E-state index in [9.17, 15) is 13.7 Å². The van der Waals surface area contributed by atoms with Crippen LogP contribution in [-0.4, -0.2) is 44.0 Å². The van der Waals surface area contributed by atoms with Crippen LogP contribution in [0, 0.1) is 11.3 Å². The monoisotopic (exact) mass is 358 g/mol. The van der Waals surface area contributed by atoms with Gasteiger partial charge in [-0.3, -0.25) is 4.98 Å². The van der Waals surface area contributed by atoms with Gasteiger partial charge in [0.15, 0.2) is 0 Å². The Kier molecular flexibility index (Phi) is 4.44. The van der Waals surface area contributed by atoms with Crippen LogP contribution in [0.4, 0.5) is 0 Å². The molecule has 1 aromatic rings. The summed E-state index contributed by atoms with van der Waals surface area (Å²) in [5.74, 6) is 0. The topological polar surface area (TPSA) is 86.1 Å². The van der Waals surface area contributed by atoms with Crippen LogP contribution in [-0.2, 0) is 10.0 Å². The number of likely N-dealkylation sites (tertiary alicyclic amines) is 1. The molecular formula is C12H15BrN4O2S. The fourth-order valence-corrected chi connectivity index (χ4v) is 3.97. The molecular weight excluding hydrogens is 344 g/mol. The van der Waals surface area contributed by atoms with E-state index in [1.54, 1.807) is 0 Å². The van der Waals surface area contributed by atoms with E-state index in [0.29, 0.717) is 30.4 Å². The molecule has 6 nitrogen and oxygen atoms in total. The van der Waals surface area contributed by atoms with Crippen molar-refractivity contribution in [3.8, 4) is 6.07 Å². The fraction of sp³-hybridized carbons (Fsp3) is 0.500. The van der Waals surface area contributed by atoms with Crippen molar-refractivity contribution in [1.29, 1.82) is 5.26 Å². The zero-order valence-corrected chi connectivity index (χ0v) is 13.4. The Bertz CT molecular complexity index is 633. The number of nitrogens with one attached hydrogen (secondary N) is 1. The molecule has 0 spiro atoms. The standard InChI is InChI=1S/C12H15BrN4O2S/c1-17-4-2-12(9-14,3-5-17)16-20(18,19)11-6-10(13)7-15-8-11/h6-8,16H,2-5H2,1H3. The Morgan fingerprint density at radius 3 is 2.65 bits per heavy atom. The number of aromatic nitrogens is 1. The van der Waals surface area contributed by atoms with Gasteiger partial charge in [-0.2, -0.15) is 9.98 Å². The maximum atomic E-state index is 12.4. The van der Waals surface area contributed by atoms with Crippen LogP contribution in [0.15, 0.2) is 27.8 Å². The highest BCUT2D eigenvalue weighted by atomic mass is 79.9. The number of piperidine rings is 1. The summed E-state index contributed by atoms with van der Waals surface area (Å²) in [7, 11) is -1.80. The van der Waals surface area contributed by atoms with Gasteiger partial charge < -0.3 is 4.90 Å². The summed E-state index contributed by atoms with van der Waals surface area (Å²) in [6.45, 7) is 1.37. The van der Waals surface area contributed by atoms with Crippen molar-refractivity contribution < 1.29 is 8.42 Å². The molecule has 1 fully saturated rings. The van der Waals surface area contributed by atoms with Crippen molar-refractivity contribution >= 4 is 26.0 Å². The fourth-order valence-electron chi connectivity index (χ4n) is 2.09. The average Bonchev–Trinajstić information content (AvgIpc) is 2.41. The molecule has 1 saturated heterocycles. The van der Waals surface area contributed by atoms with Crippen LogP contribution < -0.4 is 4.72 Å². The third-order valence-electron chi connectivity index (χ3n) is 3.37.